The van der Waals surface area contributed by atoms with E-state index in [4.69, 9.17) is 10.7 Å². The van der Waals surface area contributed by atoms with Gasteiger partial charge in [-0.15, -0.1) is 0 Å². The van der Waals surface area contributed by atoms with E-state index in [0.29, 0.717) is 23.7 Å². The minimum Gasteiger partial charge on any atom is -0.397 e. The van der Waals surface area contributed by atoms with Gasteiger partial charge in [-0.2, -0.15) is 0 Å². The number of nitrogens with two attached hydrogens (primary N) is 1. The molecule has 3 N–H and O–H groups in total. The van der Waals surface area contributed by atoms with Crippen LogP contribution in [0.1, 0.15) is 35.1 Å². The molecule has 2 aromatic carbocycles. The van der Waals surface area contributed by atoms with E-state index in [0.717, 1.165) is 45.8 Å². The van der Waals surface area contributed by atoms with Crippen molar-refractivity contribution in [1.29, 1.82) is 0 Å². The SMILES string of the molecule is C=C(N)C(=NC)c1nc2cnc(Cc3cccc(NC(=C)c4ccc(C)cc4)c3)cc2n1CC. The van der Waals surface area contributed by atoms with E-state index in [1.54, 1.807) is 7.05 Å². The maximum absolute atomic E-state index is 5.94. The number of pyridine rings is 1. The molecule has 4 rings (SSSR count). The van der Waals surface area contributed by atoms with Gasteiger partial charge in [0, 0.05) is 37.1 Å². The Balaban J connectivity index is 1.58. The number of hydrogen-bond acceptors (Lipinski definition) is 5. The number of nitrogens with one attached hydrogen (secondary N) is 1. The van der Waals surface area contributed by atoms with Crippen LogP contribution in [0.15, 0.2) is 84.6 Å². The topological polar surface area (TPSA) is 81.1 Å². The number of aromatic nitrogens is 3. The number of aryl methyl sites for hydroxylation is 2. The molecule has 0 aliphatic heterocycles. The third kappa shape index (κ3) is 4.76. The predicted octanol–water partition coefficient (Wildman–Crippen LogP) is 5.32. The highest BCUT2D eigenvalue weighted by Crippen LogP contribution is 2.22. The Hall–Kier alpha value is -4.19. The summed E-state index contributed by atoms with van der Waals surface area (Å²) in [6, 6.07) is 18.8. The molecule has 172 valence electrons. The first-order valence-electron chi connectivity index (χ1n) is 11.3. The van der Waals surface area contributed by atoms with Crippen LogP contribution in [-0.4, -0.2) is 27.3 Å². The Morgan fingerprint density at radius 3 is 2.56 bits per heavy atom. The van der Waals surface area contributed by atoms with Gasteiger partial charge < -0.3 is 15.6 Å². The van der Waals surface area contributed by atoms with E-state index in [9.17, 15) is 0 Å². The zero-order valence-corrected chi connectivity index (χ0v) is 20.0. The van der Waals surface area contributed by atoms with Crippen molar-refractivity contribution >= 4 is 28.1 Å². The summed E-state index contributed by atoms with van der Waals surface area (Å²) in [5, 5.41) is 3.42. The van der Waals surface area contributed by atoms with Crippen molar-refractivity contribution in [2.45, 2.75) is 26.8 Å². The second-order valence-electron chi connectivity index (χ2n) is 8.29. The minimum atomic E-state index is 0.400. The lowest BCUT2D eigenvalue weighted by atomic mass is 10.1. The Morgan fingerprint density at radius 2 is 1.88 bits per heavy atom. The molecule has 6 heteroatoms. The minimum absolute atomic E-state index is 0.400. The average molecular weight is 451 g/mol. The van der Waals surface area contributed by atoms with Gasteiger partial charge in [-0.05, 0) is 43.2 Å². The number of aliphatic imine (C=N–C) groups is 1. The zero-order valence-electron chi connectivity index (χ0n) is 20.0. The average Bonchev–Trinajstić information content (AvgIpc) is 3.17. The molecule has 0 saturated heterocycles. The first kappa shape index (κ1) is 23.0. The summed E-state index contributed by atoms with van der Waals surface area (Å²) >= 11 is 0. The van der Waals surface area contributed by atoms with Crippen molar-refractivity contribution in [2.75, 3.05) is 12.4 Å². The summed E-state index contributed by atoms with van der Waals surface area (Å²) < 4.78 is 2.10. The van der Waals surface area contributed by atoms with E-state index in [2.05, 4.69) is 89.3 Å². The number of allylic oxidation sites excluding steroid dienone is 1. The van der Waals surface area contributed by atoms with Crippen LogP contribution in [0.25, 0.3) is 16.7 Å². The van der Waals surface area contributed by atoms with Gasteiger partial charge in [-0.1, -0.05) is 55.1 Å². The van der Waals surface area contributed by atoms with Gasteiger partial charge in [0.25, 0.3) is 0 Å². The highest BCUT2D eigenvalue weighted by atomic mass is 15.1. The fraction of sp³-hybridized carbons (Fsp3) is 0.179. The summed E-state index contributed by atoms with van der Waals surface area (Å²) in [5.74, 6) is 0.715. The molecule has 0 aliphatic carbocycles. The Bertz CT molecular complexity index is 1390. The molecular formula is C28H30N6. The number of anilines is 1. The summed E-state index contributed by atoms with van der Waals surface area (Å²) in [7, 11) is 1.70. The molecule has 0 bridgehead atoms. The Labute approximate surface area is 200 Å². The second-order valence-corrected chi connectivity index (χ2v) is 8.29. The monoisotopic (exact) mass is 450 g/mol. The smallest absolute Gasteiger partial charge is 0.161 e. The third-order valence-electron chi connectivity index (χ3n) is 5.75. The van der Waals surface area contributed by atoms with Crippen LogP contribution in [0.5, 0.6) is 0 Å². The van der Waals surface area contributed by atoms with E-state index in [1.807, 2.05) is 18.3 Å². The Kier molecular flexibility index (Phi) is 6.59. The van der Waals surface area contributed by atoms with Crippen molar-refractivity contribution in [3.63, 3.8) is 0 Å². The third-order valence-corrected chi connectivity index (χ3v) is 5.75. The lowest BCUT2D eigenvalue weighted by Gasteiger charge is -2.12. The summed E-state index contributed by atoms with van der Waals surface area (Å²) in [6.07, 6.45) is 2.51. The molecule has 0 saturated carbocycles. The molecule has 0 amide bonds. The first-order valence-corrected chi connectivity index (χ1v) is 11.3. The highest BCUT2D eigenvalue weighted by Gasteiger charge is 2.16. The molecule has 4 aromatic rings. The van der Waals surface area contributed by atoms with Crippen LogP contribution < -0.4 is 11.1 Å². The first-order chi connectivity index (χ1) is 16.4. The van der Waals surface area contributed by atoms with Gasteiger partial charge in [0.05, 0.1) is 17.4 Å². The van der Waals surface area contributed by atoms with Crippen LogP contribution in [-0.2, 0) is 13.0 Å². The molecular weight excluding hydrogens is 420 g/mol. The van der Waals surface area contributed by atoms with E-state index in [1.165, 1.54) is 5.56 Å². The summed E-state index contributed by atoms with van der Waals surface area (Å²) in [4.78, 5) is 13.7. The van der Waals surface area contributed by atoms with E-state index < -0.39 is 0 Å². The zero-order chi connectivity index (χ0) is 24.2. The van der Waals surface area contributed by atoms with Crippen molar-refractivity contribution in [3.05, 3.63) is 108 Å². The fourth-order valence-electron chi connectivity index (χ4n) is 4.02. The molecule has 0 aliphatic rings. The van der Waals surface area contributed by atoms with Gasteiger partial charge in [0.2, 0.25) is 0 Å². The van der Waals surface area contributed by atoms with Crippen LogP contribution in [0, 0.1) is 6.92 Å². The molecule has 0 atom stereocenters. The number of nitrogens with zero attached hydrogens (tertiary/aromatic N) is 4. The predicted molar refractivity (Wildman–Crippen MR) is 142 cm³/mol. The number of fused-ring (bicyclic) bond motifs is 1. The molecule has 0 fully saturated rings. The van der Waals surface area contributed by atoms with Gasteiger partial charge in [-0.3, -0.25) is 9.98 Å². The van der Waals surface area contributed by atoms with Crippen molar-refractivity contribution in [2.24, 2.45) is 10.7 Å². The summed E-state index contributed by atoms with van der Waals surface area (Å²) in [6.45, 7) is 12.9. The number of hydrogen-bond donors (Lipinski definition) is 2. The normalized spacial score (nSPS) is 11.6. The lowest BCUT2D eigenvalue weighted by molar-refractivity contribution is 0.776. The molecule has 34 heavy (non-hydrogen) atoms. The van der Waals surface area contributed by atoms with Crippen LogP contribution in [0.3, 0.4) is 0 Å². The van der Waals surface area contributed by atoms with Gasteiger partial charge in [-0.25, -0.2) is 4.98 Å². The lowest BCUT2D eigenvalue weighted by Crippen LogP contribution is -2.17. The maximum Gasteiger partial charge on any atom is 0.161 e. The second kappa shape index (κ2) is 9.75. The highest BCUT2D eigenvalue weighted by molar-refractivity contribution is 6.10. The van der Waals surface area contributed by atoms with Crippen molar-refractivity contribution < 1.29 is 0 Å². The van der Waals surface area contributed by atoms with Gasteiger partial charge in [0.1, 0.15) is 11.2 Å². The number of benzene rings is 2. The van der Waals surface area contributed by atoms with Gasteiger partial charge >= 0.3 is 0 Å². The molecule has 6 nitrogen and oxygen atoms in total. The van der Waals surface area contributed by atoms with Crippen molar-refractivity contribution in [1.82, 2.24) is 14.5 Å². The molecule has 0 spiro atoms. The number of imidazole rings is 1. The largest absolute Gasteiger partial charge is 0.397 e. The summed E-state index contributed by atoms with van der Waals surface area (Å²) in [5.41, 5.74) is 15.0. The quantitative estimate of drug-likeness (QED) is 0.356. The van der Waals surface area contributed by atoms with Crippen LogP contribution in [0.4, 0.5) is 5.69 Å². The molecule has 2 aromatic heterocycles. The van der Waals surface area contributed by atoms with Crippen molar-refractivity contribution in [3.8, 4) is 0 Å². The molecule has 2 heterocycles. The molecule has 0 radical (unpaired) electrons. The van der Waals surface area contributed by atoms with Crippen LogP contribution >= 0.6 is 0 Å². The fourth-order valence-corrected chi connectivity index (χ4v) is 4.02. The maximum atomic E-state index is 5.94. The standard InChI is InChI=1S/C28H30N6/c1-6-34-26-16-24(31-17-25(26)33-28(34)27(30-5)19(3)29)15-21-8-7-9-23(14-21)32-20(4)22-12-10-18(2)11-13-22/h7-14,16-17,32H,3-4,6,15,29H2,1-2,5H3. The van der Waals surface area contributed by atoms with E-state index in [-0.39, 0.29) is 0 Å². The Morgan fingerprint density at radius 1 is 1.12 bits per heavy atom. The van der Waals surface area contributed by atoms with Gasteiger partial charge in [0.15, 0.2) is 5.82 Å². The van der Waals surface area contributed by atoms with E-state index >= 15 is 0 Å². The number of rotatable bonds is 8. The van der Waals surface area contributed by atoms with Crippen LogP contribution in [0.2, 0.25) is 0 Å². The molecule has 0 unspecified atom stereocenters.